The maximum Gasteiger partial charge on any atom is 0.259 e. The predicted molar refractivity (Wildman–Crippen MR) is 396 cm³/mol. The van der Waals surface area contributed by atoms with Crippen LogP contribution in [0, 0.1) is 52.4 Å². The number of rotatable bonds is 17. The predicted octanol–water partition coefficient (Wildman–Crippen LogP) is 17.1. The molecule has 12 aromatic rings. The lowest BCUT2D eigenvalue weighted by Gasteiger charge is -2.36. The minimum atomic E-state index is -2.10. The maximum atomic E-state index is 14.7. The van der Waals surface area contributed by atoms with Gasteiger partial charge in [0.25, 0.3) is 16.7 Å². The van der Waals surface area contributed by atoms with Gasteiger partial charge < -0.3 is 44.0 Å². The van der Waals surface area contributed by atoms with E-state index < -0.39 is 85.4 Å². The molecule has 12 rings (SSSR count). The van der Waals surface area contributed by atoms with Gasteiger partial charge in [0.15, 0.2) is 16.6 Å². The van der Waals surface area contributed by atoms with Gasteiger partial charge in [-0.25, -0.2) is 69.4 Å². The Bertz CT molecular complexity index is 5240. The van der Waals surface area contributed by atoms with Crippen LogP contribution >= 0.6 is 11.6 Å². The van der Waals surface area contributed by atoms with Crippen LogP contribution in [0.2, 0.25) is 41.4 Å². The third-order valence-corrected chi connectivity index (χ3v) is 27.1. The van der Waals surface area contributed by atoms with Gasteiger partial charge in [-0.3, -0.25) is 14.4 Å². The Morgan fingerprint density at radius 1 is 0.429 bits per heavy atom. The van der Waals surface area contributed by atoms with Gasteiger partial charge in [-0.1, -0.05) is 71.3 Å². The van der Waals surface area contributed by atoms with E-state index in [1.165, 1.54) is 105 Å². The third-order valence-electron chi connectivity index (χ3n) is 17.8. The van der Waals surface area contributed by atoms with Crippen molar-refractivity contribution in [2.75, 3.05) is 36.2 Å². The standard InChI is InChI=1S/C27H29F3N4O2Si.C22H25ClF2N2O2Si.C21H15F3N4O2.C5H5FN2/c1-27(2,3)37(4,5)36-12-11-34-22-14-24(33-23-10-9-18(28)16-32-23)31-15-17(22)13-19(26(34)35)25-20(29)7-6-8-21(25)30;1-22(2,3)30(4,5)29-10-9-27-18-12-19(23)26-13-14(18)11-15(21(27)28)20-16(24)7-6-8-17(20)25;22-13-4-5-18(26-11-13)27-19-9-17-12(10-25-19)8-14(21(30)28(17)6-7-29)20-15(23)2-1-3-16(20)24;6-4-1-2-5(7)8-3-4/h6-10,13-16H,11-12H2,1-5H3,(H,31,32,33);6-8,11-13H,9-10H2,1-5H3;1-5,8-11,29H,6-7H2,(H,25,26,27);1-3H,(H2,7,8). The number of nitrogens with two attached hydrogens (primary N) is 1. The molecule has 9 aromatic heterocycles. The highest BCUT2D eigenvalue weighted by Gasteiger charge is 2.38. The Kier molecular flexibility index (Phi) is 24.8. The molecule has 30 heteroatoms. The van der Waals surface area contributed by atoms with Crippen molar-refractivity contribution in [1.29, 1.82) is 0 Å². The molecule has 0 bridgehead atoms. The number of aromatic nitrogens is 9. The first-order chi connectivity index (χ1) is 49.6. The number of anilines is 5. The molecule has 0 saturated carbocycles. The second kappa shape index (κ2) is 33.1. The van der Waals surface area contributed by atoms with Crippen LogP contribution in [0.3, 0.4) is 0 Å². The van der Waals surface area contributed by atoms with Crippen LogP contribution in [0.5, 0.6) is 0 Å². The molecule has 0 aliphatic heterocycles. The Labute approximate surface area is 604 Å². The van der Waals surface area contributed by atoms with Gasteiger partial charge in [0, 0.05) is 66.5 Å². The first-order valence-electron chi connectivity index (χ1n) is 32.7. The van der Waals surface area contributed by atoms with Gasteiger partial charge in [0.05, 0.1) is 88.3 Å². The van der Waals surface area contributed by atoms with Crippen molar-refractivity contribution in [2.24, 2.45) is 0 Å². The van der Waals surface area contributed by atoms with Crippen LogP contribution in [-0.2, 0) is 28.5 Å². The zero-order valence-corrected chi connectivity index (χ0v) is 61.5. The molecule has 0 unspecified atom stereocenters. The van der Waals surface area contributed by atoms with Crippen LogP contribution in [0.25, 0.3) is 66.1 Å². The van der Waals surface area contributed by atoms with Gasteiger partial charge in [-0.05, 0) is 133 Å². The van der Waals surface area contributed by atoms with Crippen molar-refractivity contribution >= 4 is 90.0 Å². The summed E-state index contributed by atoms with van der Waals surface area (Å²) in [4.78, 5) is 63.9. The van der Waals surface area contributed by atoms with Crippen LogP contribution in [-0.4, -0.2) is 85.2 Å². The van der Waals surface area contributed by atoms with Crippen LogP contribution in [0.15, 0.2) is 179 Å². The number of hydrogen-bond donors (Lipinski definition) is 4. The summed E-state index contributed by atoms with van der Waals surface area (Å²) in [7, 11) is -4.13. The Balaban J connectivity index is 0.000000174. The van der Waals surface area contributed by atoms with Crippen molar-refractivity contribution in [3.05, 3.63) is 253 Å². The van der Waals surface area contributed by atoms with E-state index in [9.17, 15) is 59.0 Å². The minimum Gasteiger partial charge on any atom is -0.415 e. The summed E-state index contributed by atoms with van der Waals surface area (Å²) in [6.45, 7) is 21.7. The molecule has 0 fully saturated rings. The highest BCUT2D eigenvalue weighted by atomic mass is 35.5. The SMILES string of the molecule is CC(C)(C)[Si](C)(C)OCCn1c(=O)c(-c2c(F)cccc2F)cc2cnc(Cl)cc21.CC(C)(C)[Si](C)(C)OCCn1c(=O)c(-c2c(F)cccc2F)cc2cnc(Nc3ccc(F)cn3)cc21.Nc1ccc(F)cn1.O=c1c(-c2c(F)cccc2F)cc2cnc(Nc3ccc(F)cn3)cc2n1CCO. The molecule has 0 atom stereocenters. The molecule has 3 aromatic carbocycles. The van der Waals surface area contributed by atoms with E-state index in [2.05, 4.69) is 108 Å². The lowest BCUT2D eigenvalue weighted by molar-refractivity contribution is 0.272. The fourth-order valence-corrected chi connectivity index (χ4v) is 12.5. The zero-order chi connectivity index (χ0) is 76.5. The number of aliphatic hydroxyl groups is 1. The number of nitrogen functional groups attached to an aromatic ring is 1. The van der Waals surface area contributed by atoms with E-state index in [0.29, 0.717) is 68.4 Å². The summed E-state index contributed by atoms with van der Waals surface area (Å²) in [5.74, 6) is -4.56. The van der Waals surface area contributed by atoms with Gasteiger partial charge in [-0.2, -0.15) is 0 Å². The molecule has 18 nitrogen and oxygen atoms in total. The normalized spacial score (nSPS) is 11.7. The first-order valence-corrected chi connectivity index (χ1v) is 38.9. The third kappa shape index (κ3) is 18.9. The monoisotopic (exact) mass is 1500 g/mol. The maximum absolute atomic E-state index is 14.7. The molecule has 9 heterocycles. The average molecular weight is 1500 g/mol. The number of aliphatic hydroxyl groups excluding tert-OH is 1. The largest absolute Gasteiger partial charge is 0.415 e. The number of benzene rings is 3. The number of pyridine rings is 9. The molecule has 0 aliphatic rings. The summed E-state index contributed by atoms with van der Waals surface area (Å²) in [6, 6.07) is 27.4. The number of nitrogens with zero attached hydrogens (tertiary/aromatic N) is 9. The topological polar surface area (TPSA) is 232 Å². The summed E-state index contributed by atoms with van der Waals surface area (Å²) >= 11 is 6.05. The molecule has 0 spiro atoms. The van der Waals surface area contributed by atoms with Crippen LogP contribution in [0.4, 0.5) is 68.6 Å². The van der Waals surface area contributed by atoms with Crippen molar-refractivity contribution in [3.8, 4) is 33.4 Å². The second-order valence-corrected chi connectivity index (χ2v) is 37.0. The zero-order valence-electron chi connectivity index (χ0n) is 58.7. The van der Waals surface area contributed by atoms with Crippen LogP contribution in [0.1, 0.15) is 41.5 Å². The summed E-state index contributed by atoms with van der Waals surface area (Å²) < 4.78 is 142. The van der Waals surface area contributed by atoms with Gasteiger partial charge in [-0.15, -0.1) is 0 Å². The van der Waals surface area contributed by atoms with Crippen molar-refractivity contribution in [1.82, 2.24) is 43.6 Å². The lowest BCUT2D eigenvalue weighted by atomic mass is 10.0. The molecule has 0 aliphatic carbocycles. The highest BCUT2D eigenvalue weighted by Crippen LogP contribution is 2.39. The molecular weight excluding hydrogens is 1430 g/mol. The van der Waals surface area contributed by atoms with Gasteiger partial charge in [0.2, 0.25) is 0 Å². The van der Waals surface area contributed by atoms with Crippen molar-refractivity contribution in [2.45, 2.75) is 97.4 Å². The van der Waals surface area contributed by atoms with Gasteiger partial charge >= 0.3 is 0 Å². The summed E-state index contributed by atoms with van der Waals surface area (Å²) in [5, 5.41) is 17.0. The number of fused-ring (bicyclic) bond motifs is 3. The van der Waals surface area contributed by atoms with Crippen LogP contribution < -0.4 is 33.0 Å². The van der Waals surface area contributed by atoms with Crippen molar-refractivity contribution in [3.63, 3.8) is 0 Å². The minimum absolute atomic E-state index is 0.0192. The molecule has 0 radical (unpaired) electrons. The molecule has 548 valence electrons. The smallest absolute Gasteiger partial charge is 0.259 e. The quantitative estimate of drug-likeness (QED) is 0.0377. The van der Waals surface area contributed by atoms with E-state index in [-0.39, 0.29) is 81.7 Å². The second-order valence-electron chi connectivity index (χ2n) is 27.0. The number of halogens is 10. The van der Waals surface area contributed by atoms with E-state index in [0.717, 1.165) is 55.0 Å². The van der Waals surface area contributed by atoms with Crippen molar-refractivity contribution < 1.29 is 53.5 Å². The fraction of sp³-hybridized carbons (Fsp3) is 0.240. The molecule has 105 heavy (non-hydrogen) atoms. The van der Waals surface area contributed by atoms with E-state index in [1.807, 2.05) is 0 Å². The Morgan fingerprint density at radius 3 is 1.05 bits per heavy atom. The number of hydrogen-bond acceptors (Lipinski definition) is 15. The Morgan fingerprint density at radius 2 is 0.743 bits per heavy atom. The average Bonchev–Trinajstić information content (AvgIpc) is 0.770. The van der Waals surface area contributed by atoms with E-state index >= 15 is 0 Å². The first kappa shape index (κ1) is 78.7. The molecule has 5 N–H and O–H groups in total. The summed E-state index contributed by atoms with van der Waals surface area (Å²) in [6.07, 6.45) is 7.62. The Hall–Kier alpha value is -10.4. The van der Waals surface area contributed by atoms with E-state index in [1.54, 1.807) is 18.2 Å². The van der Waals surface area contributed by atoms with E-state index in [4.69, 9.17) is 26.2 Å². The number of nitrogens with one attached hydrogen (secondary N) is 2. The van der Waals surface area contributed by atoms with Gasteiger partial charge in [0.1, 0.15) is 86.6 Å². The fourth-order valence-electron chi connectivity index (χ4n) is 10.3. The molecular formula is C75H74ClF9N12O6Si2. The molecule has 0 saturated heterocycles. The molecule has 0 amide bonds. The summed E-state index contributed by atoms with van der Waals surface area (Å²) in [5.41, 5.74) is 3.38. The highest BCUT2D eigenvalue weighted by molar-refractivity contribution is 6.74. The lowest BCUT2D eigenvalue weighted by Crippen LogP contribution is -2.42.